The fourth-order valence-electron chi connectivity index (χ4n) is 2.45. The average Bonchev–Trinajstić information content (AvgIpc) is 2.89. The molecular weight excluding hydrogens is 384 g/mol. The second kappa shape index (κ2) is 7.80. The SMILES string of the molecule is O=C(COc1ccc(Cl)cc1Cl)NCCn1c(=O)[nH]c2cc(F)ccc21. The number of carbonyl (C=O) groups excluding carboxylic acids is 1. The number of ether oxygens (including phenoxy) is 1. The summed E-state index contributed by atoms with van der Waals surface area (Å²) in [7, 11) is 0. The molecule has 0 fully saturated rings. The number of rotatable bonds is 6. The normalized spacial score (nSPS) is 10.9. The Bertz CT molecular complexity index is 1020. The number of aromatic amines is 1. The molecule has 2 N–H and O–H groups in total. The third-order valence-electron chi connectivity index (χ3n) is 3.65. The van der Waals surface area contributed by atoms with Crippen LogP contribution in [-0.2, 0) is 11.3 Å². The zero-order valence-electron chi connectivity index (χ0n) is 13.4. The van der Waals surface area contributed by atoms with Crippen molar-refractivity contribution >= 4 is 40.1 Å². The Labute approximate surface area is 157 Å². The highest BCUT2D eigenvalue weighted by Gasteiger charge is 2.09. The number of halogens is 3. The molecule has 0 radical (unpaired) electrons. The first-order valence-electron chi connectivity index (χ1n) is 7.66. The number of imidazole rings is 1. The maximum absolute atomic E-state index is 13.2. The fraction of sp³-hybridized carbons (Fsp3) is 0.176. The lowest BCUT2D eigenvalue weighted by molar-refractivity contribution is -0.123. The third kappa shape index (κ3) is 4.17. The molecule has 0 aliphatic rings. The van der Waals surface area contributed by atoms with Gasteiger partial charge in [0, 0.05) is 18.1 Å². The first-order chi connectivity index (χ1) is 12.4. The minimum atomic E-state index is -0.433. The van der Waals surface area contributed by atoms with Gasteiger partial charge in [-0.05, 0) is 36.4 Å². The molecule has 0 bridgehead atoms. The lowest BCUT2D eigenvalue weighted by atomic mass is 10.3. The van der Waals surface area contributed by atoms with Gasteiger partial charge in [-0.3, -0.25) is 9.36 Å². The first-order valence-corrected chi connectivity index (χ1v) is 8.42. The summed E-state index contributed by atoms with van der Waals surface area (Å²) in [6.45, 7) is 0.216. The van der Waals surface area contributed by atoms with Crippen LogP contribution < -0.4 is 15.7 Å². The first kappa shape index (κ1) is 18.3. The Balaban J connectivity index is 1.54. The van der Waals surface area contributed by atoms with Gasteiger partial charge < -0.3 is 15.0 Å². The Hall–Kier alpha value is -2.51. The van der Waals surface area contributed by atoms with Gasteiger partial charge in [-0.2, -0.15) is 0 Å². The molecule has 9 heteroatoms. The van der Waals surface area contributed by atoms with Gasteiger partial charge in [0.2, 0.25) is 0 Å². The van der Waals surface area contributed by atoms with E-state index < -0.39 is 5.82 Å². The molecule has 0 saturated heterocycles. The second-order valence-electron chi connectivity index (χ2n) is 5.46. The van der Waals surface area contributed by atoms with Gasteiger partial charge in [-0.1, -0.05) is 23.2 Å². The monoisotopic (exact) mass is 397 g/mol. The summed E-state index contributed by atoms with van der Waals surface area (Å²) in [5.74, 6) is -0.451. The number of aromatic nitrogens is 2. The van der Waals surface area contributed by atoms with Crippen LogP contribution in [0.2, 0.25) is 10.0 Å². The maximum atomic E-state index is 13.2. The van der Waals surface area contributed by atoms with E-state index in [1.165, 1.54) is 28.8 Å². The van der Waals surface area contributed by atoms with Gasteiger partial charge >= 0.3 is 5.69 Å². The summed E-state index contributed by atoms with van der Waals surface area (Å²) in [4.78, 5) is 26.4. The largest absolute Gasteiger partial charge is 0.482 e. The van der Waals surface area contributed by atoms with E-state index in [0.717, 1.165) is 0 Å². The molecule has 0 spiro atoms. The van der Waals surface area contributed by atoms with Crippen LogP contribution in [0.1, 0.15) is 0 Å². The molecule has 0 unspecified atom stereocenters. The third-order valence-corrected chi connectivity index (χ3v) is 4.18. The predicted octanol–water partition coefficient (Wildman–Crippen LogP) is 2.97. The number of H-pyrrole nitrogens is 1. The summed E-state index contributed by atoms with van der Waals surface area (Å²) < 4.78 is 19.9. The van der Waals surface area contributed by atoms with Gasteiger partial charge in [0.05, 0.1) is 16.1 Å². The number of hydrogen-bond donors (Lipinski definition) is 2. The maximum Gasteiger partial charge on any atom is 0.326 e. The smallest absolute Gasteiger partial charge is 0.326 e. The summed E-state index contributed by atoms with van der Waals surface area (Å²) in [5.41, 5.74) is 0.598. The van der Waals surface area contributed by atoms with Gasteiger partial charge in [0.15, 0.2) is 6.61 Å². The highest BCUT2D eigenvalue weighted by molar-refractivity contribution is 6.35. The number of nitrogens with zero attached hydrogens (tertiary/aromatic N) is 1. The number of nitrogens with one attached hydrogen (secondary N) is 2. The molecular formula is C17H14Cl2FN3O3. The standard InChI is InChI=1S/C17H14Cl2FN3O3/c18-10-1-4-15(12(19)7-10)26-9-16(24)21-5-6-23-14-3-2-11(20)8-13(14)22-17(23)25/h1-4,7-8H,5-6,9H2,(H,21,24)(H,22,25). The molecule has 2 aromatic carbocycles. The Morgan fingerprint density at radius 1 is 1.23 bits per heavy atom. The number of hydrogen-bond acceptors (Lipinski definition) is 3. The van der Waals surface area contributed by atoms with Crippen molar-refractivity contribution in [3.63, 3.8) is 0 Å². The van der Waals surface area contributed by atoms with Gasteiger partial charge in [-0.25, -0.2) is 9.18 Å². The average molecular weight is 398 g/mol. The molecule has 1 amide bonds. The number of carbonyl (C=O) groups is 1. The van der Waals surface area contributed by atoms with Gasteiger partial charge in [0.1, 0.15) is 11.6 Å². The van der Waals surface area contributed by atoms with E-state index in [2.05, 4.69) is 10.3 Å². The highest BCUT2D eigenvalue weighted by atomic mass is 35.5. The molecule has 1 aromatic heterocycles. The predicted molar refractivity (Wildman–Crippen MR) is 97.5 cm³/mol. The van der Waals surface area contributed by atoms with Crippen LogP contribution in [-0.4, -0.2) is 28.6 Å². The molecule has 136 valence electrons. The molecule has 0 aliphatic carbocycles. The summed E-state index contributed by atoms with van der Waals surface area (Å²) in [5, 5.41) is 3.42. The van der Waals surface area contributed by atoms with E-state index in [-0.39, 0.29) is 31.3 Å². The summed E-state index contributed by atoms with van der Waals surface area (Å²) >= 11 is 11.7. The molecule has 3 rings (SSSR count). The van der Waals surface area contributed by atoms with Crippen LogP contribution >= 0.6 is 23.2 Å². The minimum absolute atomic E-state index is 0.209. The van der Waals surface area contributed by atoms with Crippen molar-refractivity contribution in [2.24, 2.45) is 0 Å². The summed E-state index contributed by atoms with van der Waals surface area (Å²) in [6.07, 6.45) is 0. The van der Waals surface area contributed by atoms with Crippen LogP contribution in [0.3, 0.4) is 0 Å². The molecule has 0 aliphatic heterocycles. The van der Waals surface area contributed by atoms with E-state index in [0.29, 0.717) is 26.8 Å². The van der Waals surface area contributed by atoms with Crippen molar-refractivity contribution in [3.05, 3.63) is 62.7 Å². The van der Waals surface area contributed by atoms with E-state index >= 15 is 0 Å². The molecule has 0 atom stereocenters. The van der Waals surface area contributed by atoms with E-state index in [1.807, 2.05) is 0 Å². The lowest BCUT2D eigenvalue weighted by Crippen LogP contribution is -2.33. The van der Waals surface area contributed by atoms with Gasteiger partial charge in [0.25, 0.3) is 5.91 Å². The lowest BCUT2D eigenvalue weighted by Gasteiger charge is -2.09. The van der Waals surface area contributed by atoms with Crippen LogP contribution in [0, 0.1) is 5.82 Å². The van der Waals surface area contributed by atoms with E-state index in [9.17, 15) is 14.0 Å². The van der Waals surface area contributed by atoms with Crippen molar-refractivity contribution in [1.29, 1.82) is 0 Å². The number of benzene rings is 2. The van der Waals surface area contributed by atoms with E-state index in [4.69, 9.17) is 27.9 Å². The number of fused-ring (bicyclic) bond motifs is 1. The molecule has 6 nitrogen and oxygen atoms in total. The molecule has 26 heavy (non-hydrogen) atoms. The Kier molecular flexibility index (Phi) is 5.49. The van der Waals surface area contributed by atoms with Crippen molar-refractivity contribution in [2.45, 2.75) is 6.54 Å². The van der Waals surface area contributed by atoms with Crippen molar-refractivity contribution in [1.82, 2.24) is 14.9 Å². The summed E-state index contributed by atoms with van der Waals surface area (Å²) in [6, 6.07) is 8.72. The van der Waals surface area contributed by atoms with Gasteiger partial charge in [-0.15, -0.1) is 0 Å². The second-order valence-corrected chi connectivity index (χ2v) is 6.30. The van der Waals surface area contributed by atoms with Crippen LogP contribution in [0.4, 0.5) is 4.39 Å². The number of amides is 1. The molecule has 3 aromatic rings. The van der Waals surface area contributed by atoms with Crippen molar-refractivity contribution < 1.29 is 13.9 Å². The molecule has 1 heterocycles. The Morgan fingerprint density at radius 2 is 2.04 bits per heavy atom. The zero-order valence-corrected chi connectivity index (χ0v) is 14.9. The highest BCUT2D eigenvalue weighted by Crippen LogP contribution is 2.27. The van der Waals surface area contributed by atoms with Crippen molar-refractivity contribution in [3.8, 4) is 5.75 Å². The van der Waals surface area contributed by atoms with Crippen LogP contribution in [0.25, 0.3) is 11.0 Å². The van der Waals surface area contributed by atoms with Crippen LogP contribution in [0.15, 0.2) is 41.2 Å². The molecule has 0 saturated carbocycles. The topological polar surface area (TPSA) is 76.1 Å². The van der Waals surface area contributed by atoms with Crippen molar-refractivity contribution in [2.75, 3.05) is 13.2 Å². The fourth-order valence-corrected chi connectivity index (χ4v) is 2.91. The van der Waals surface area contributed by atoms with Crippen LogP contribution in [0.5, 0.6) is 5.75 Å². The Morgan fingerprint density at radius 3 is 2.81 bits per heavy atom. The zero-order chi connectivity index (χ0) is 18.7. The van der Waals surface area contributed by atoms with E-state index in [1.54, 1.807) is 12.1 Å². The minimum Gasteiger partial charge on any atom is -0.482 e. The quantitative estimate of drug-likeness (QED) is 0.671.